The second kappa shape index (κ2) is 5.34. The molecule has 4 atom stereocenters. The van der Waals surface area contributed by atoms with Crippen LogP contribution >= 0.6 is 15.9 Å². The van der Waals surface area contributed by atoms with Crippen molar-refractivity contribution in [1.29, 1.82) is 0 Å². The molecular formula is C16H22BrN. The Morgan fingerprint density at radius 3 is 2.72 bits per heavy atom. The van der Waals surface area contributed by atoms with Crippen LogP contribution in [0.3, 0.4) is 0 Å². The van der Waals surface area contributed by atoms with Gasteiger partial charge >= 0.3 is 0 Å². The highest BCUT2D eigenvalue weighted by molar-refractivity contribution is 9.10. The Balaban J connectivity index is 1.72. The average molecular weight is 308 g/mol. The lowest BCUT2D eigenvalue weighted by Gasteiger charge is -2.27. The van der Waals surface area contributed by atoms with Crippen LogP contribution in [0.25, 0.3) is 0 Å². The molecule has 98 valence electrons. The van der Waals surface area contributed by atoms with Crippen molar-refractivity contribution in [2.45, 2.75) is 38.1 Å². The van der Waals surface area contributed by atoms with Crippen LogP contribution in [0, 0.1) is 17.8 Å². The summed E-state index contributed by atoms with van der Waals surface area (Å²) < 4.78 is 1.24. The molecule has 1 aromatic carbocycles. The molecule has 2 bridgehead atoms. The zero-order valence-electron chi connectivity index (χ0n) is 11.0. The van der Waals surface area contributed by atoms with Crippen LogP contribution in [-0.2, 0) is 0 Å². The first-order chi connectivity index (χ1) is 8.78. The highest BCUT2D eigenvalue weighted by atomic mass is 79.9. The lowest BCUT2D eigenvalue weighted by molar-refractivity contribution is 0.284. The zero-order chi connectivity index (χ0) is 12.5. The van der Waals surface area contributed by atoms with Gasteiger partial charge in [-0.3, -0.25) is 0 Å². The van der Waals surface area contributed by atoms with Crippen molar-refractivity contribution >= 4 is 15.9 Å². The summed E-state index contributed by atoms with van der Waals surface area (Å²) in [4.78, 5) is 0. The van der Waals surface area contributed by atoms with E-state index < -0.39 is 0 Å². The smallest absolute Gasteiger partial charge is 0.0331 e. The van der Waals surface area contributed by atoms with Crippen molar-refractivity contribution in [3.8, 4) is 0 Å². The summed E-state index contributed by atoms with van der Waals surface area (Å²) in [5.41, 5.74) is 1.42. The molecule has 4 unspecified atom stereocenters. The Kier molecular flexibility index (Phi) is 3.76. The minimum absolute atomic E-state index is 0.505. The van der Waals surface area contributed by atoms with Crippen LogP contribution in [0.2, 0.25) is 0 Å². The summed E-state index contributed by atoms with van der Waals surface area (Å²) in [7, 11) is 2.09. The van der Waals surface area contributed by atoms with E-state index in [-0.39, 0.29) is 0 Å². The predicted octanol–water partition coefficient (Wildman–Crippen LogP) is 4.54. The van der Waals surface area contributed by atoms with Crippen molar-refractivity contribution < 1.29 is 0 Å². The molecule has 2 saturated carbocycles. The van der Waals surface area contributed by atoms with E-state index in [9.17, 15) is 0 Å². The summed E-state index contributed by atoms with van der Waals surface area (Å²) in [6, 6.07) is 9.15. The standard InChI is InChI=1S/C16H22BrN/c1-18-16(14-4-2-3-5-15(14)17)10-13-9-11-6-7-12(13)8-11/h2-5,11-13,16,18H,6-10H2,1H3. The quantitative estimate of drug-likeness (QED) is 0.861. The molecule has 0 heterocycles. The van der Waals surface area contributed by atoms with Gasteiger partial charge in [0.15, 0.2) is 0 Å². The number of hydrogen-bond acceptors (Lipinski definition) is 1. The van der Waals surface area contributed by atoms with E-state index in [4.69, 9.17) is 0 Å². The highest BCUT2D eigenvalue weighted by Gasteiger charge is 2.40. The maximum atomic E-state index is 3.69. The molecular weight excluding hydrogens is 286 g/mol. The molecule has 1 aromatic rings. The molecule has 2 fully saturated rings. The van der Waals surface area contributed by atoms with Crippen LogP contribution in [-0.4, -0.2) is 7.05 Å². The van der Waals surface area contributed by atoms with Crippen molar-refractivity contribution in [3.05, 3.63) is 34.3 Å². The fourth-order valence-electron chi connectivity index (χ4n) is 4.13. The first kappa shape index (κ1) is 12.7. The van der Waals surface area contributed by atoms with Crippen LogP contribution in [0.5, 0.6) is 0 Å². The van der Waals surface area contributed by atoms with Gasteiger partial charge in [-0.05, 0) is 62.1 Å². The van der Waals surface area contributed by atoms with Crippen LogP contribution < -0.4 is 5.32 Å². The summed E-state index contributed by atoms with van der Waals surface area (Å²) in [6.07, 6.45) is 7.28. The Morgan fingerprint density at radius 1 is 1.28 bits per heavy atom. The molecule has 0 amide bonds. The fourth-order valence-corrected chi connectivity index (χ4v) is 4.69. The van der Waals surface area contributed by atoms with Crippen molar-refractivity contribution in [2.75, 3.05) is 7.05 Å². The molecule has 3 rings (SSSR count). The SMILES string of the molecule is CNC(CC1CC2CCC1C2)c1ccccc1Br. The van der Waals surface area contributed by atoms with E-state index in [1.165, 1.54) is 42.1 Å². The van der Waals surface area contributed by atoms with Gasteiger partial charge in [-0.15, -0.1) is 0 Å². The van der Waals surface area contributed by atoms with Crippen molar-refractivity contribution in [2.24, 2.45) is 17.8 Å². The zero-order valence-corrected chi connectivity index (χ0v) is 12.6. The Hall–Kier alpha value is -0.340. The maximum Gasteiger partial charge on any atom is 0.0331 e. The number of rotatable bonds is 4. The molecule has 0 aliphatic heterocycles. The monoisotopic (exact) mass is 307 g/mol. The molecule has 0 saturated heterocycles. The van der Waals surface area contributed by atoms with E-state index >= 15 is 0 Å². The first-order valence-electron chi connectivity index (χ1n) is 7.19. The lowest BCUT2D eigenvalue weighted by Crippen LogP contribution is -2.23. The van der Waals surface area contributed by atoms with Crippen molar-refractivity contribution in [1.82, 2.24) is 5.32 Å². The lowest BCUT2D eigenvalue weighted by atomic mass is 9.83. The van der Waals surface area contributed by atoms with Gasteiger partial charge in [0.05, 0.1) is 0 Å². The van der Waals surface area contributed by atoms with E-state index in [1.54, 1.807) is 0 Å². The Morgan fingerprint density at radius 2 is 2.11 bits per heavy atom. The molecule has 0 spiro atoms. The Labute approximate surface area is 118 Å². The number of hydrogen-bond donors (Lipinski definition) is 1. The molecule has 2 aliphatic rings. The van der Waals surface area contributed by atoms with Gasteiger partial charge < -0.3 is 5.32 Å². The van der Waals surface area contributed by atoms with Gasteiger partial charge in [0, 0.05) is 10.5 Å². The molecule has 0 radical (unpaired) electrons. The normalized spacial score (nSPS) is 31.8. The molecule has 2 aliphatic carbocycles. The number of benzene rings is 1. The van der Waals surface area contributed by atoms with Gasteiger partial charge in [0.25, 0.3) is 0 Å². The van der Waals surface area contributed by atoms with Crippen LogP contribution in [0.1, 0.15) is 43.7 Å². The van der Waals surface area contributed by atoms with E-state index in [2.05, 4.69) is 52.6 Å². The minimum Gasteiger partial charge on any atom is -0.313 e. The number of nitrogens with one attached hydrogen (secondary N) is 1. The molecule has 1 nitrogen and oxygen atoms in total. The summed E-state index contributed by atoms with van der Waals surface area (Å²) in [5, 5.41) is 3.52. The van der Waals surface area contributed by atoms with E-state index in [1.807, 2.05) is 0 Å². The third kappa shape index (κ3) is 2.37. The maximum absolute atomic E-state index is 3.69. The van der Waals surface area contributed by atoms with Crippen molar-refractivity contribution in [3.63, 3.8) is 0 Å². The molecule has 0 aromatic heterocycles. The average Bonchev–Trinajstić information content (AvgIpc) is 2.99. The largest absolute Gasteiger partial charge is 0.313 e. The summed E-state index contributed by atoms with van der Waals surface area (Å²) in [6.45, 7) is 0. The van der Waals surface area contributed by atoms with E-state index in [0.717, 1.165) is 17.8 Å². The van der Waals surface area contributed by atoms with Gasteiger partial charge in [0.2, 0.25) is 0 Å². The van der Waals surface area contributed by atoms with Gasteiger partial charge in [-0.25, -0.2) is 0 Å². The molecule has 1 N–H and O–H groups in total. The van der Waals surface area contributed by atoms with Gasteiger partial charge in [0.1, 0.15) is 0 Å². The third-order valence-corrected chi connectivity index (χ3v) is 5.77. The van der Waals surface area contributed by atoms with Gasteiger partial charge in [-0.2, -0.15) is 0 Å². The minimum atomic E-state index is 0.505. The molecule has 18 heavy (non-hydrogen) atoms. The summed E-state index contributed by atoms with van der Waals surface area (Å²) in [5.74, 6) is 3.03. The fraction of sp³-hybridized carbons (Fsp3) is 0.625. The highest BCUT2D eigenvalue weighted by Crippen LogP contribution is 2.51. The van der Waals surface area contributed by atoms with E-state index in [0.29, 0.717) is 6.04 Å². The van der Waals surface area contributed by atoms with Crippen LogP contribution in [0.4, 0.5) is 0 Å². The second-order valence-electron chi connectivity index (χ2n) is 6.03. The Bertz CT molecular complexity index is 417. The number of fused-ring (bicyclic) bond motifs is 2. The topological polar surface area (TPSA) is 12.0 Å². The predicted molar refractivity (Wildman–Crippen MR) is 79.5 cm³/mol. The van der Waals surface area contributed by atoms with Crippen LogP contribution in [0.15, 0.2) is 28.7 Å². The second-order valence-corrected chi connectivity index (χ2v) is 6.89. The summed E-state index contributed by atoms with van der Waals surface area (Å²) >= 11 is 3.69. The van der Waals surface area contributed by atoms with Gasteiger partial charge in [-0.1, -0.05) is 40.5 Å². The first-order valence-corrected chi connectivity index (χ1v) is 7.99. The number of halogens is 1. The third-order valence-electron chi connectivity index (χ3n) is 5.05. The molecule has 2 heteroatoms.